The van der Waals surface area contributed by atoms with E-state index in [0.717, 1.165) is 24.2 Å². The van der Waals surface area contributed by atoms with Gasteiger partial charge in [0.1, 0.15) is 0 Å². The summed E-state index contributed by atoms with van der Waals surface area (Å²) >= 11 is 12.1. The normalized spacial score (nSPS) is 16.7. The standard InChI is InChI=1S/C23H27Cl2N3O3/c1-27(2)23(30)18-5-3-4-16(10-18)12-22(29)26-13-19-15-28(8-9-31-19)14-17-6-7-20(24)21(25)11-17/h3-7,10-11,19H,8-9,12-15H2,1-2H3,(H,26,29). The van der Waals surface area contributed by atoms with E-state index in [1.807, 2.05) is 18.2 Å². The third kappa shape index (κ3) is 6.94. The molecule has 1 saturated heterocycles. The smallest absolute Gasteiger partial charge is 0.253 e. The molecule has 8 heteroatoms. The number of amides is 2. The van der Waals surface area contributed by atoms with Crippen molar-refractivity contribution in [2.24, 2.45) is 0 Å². The van der Waals surface area contributed by atoms with E-state index >= 15 is 0 Å². The molecule has 2 aromatic carbocycles. The fourth-order valence-corrected chi connectivity index (χ4v) is 3.81. The highest BCUT2D eigenvalue weighted by atomic mass is 35.5. The Morgan fingerprint density at radius 3 is 2.68 bits per heavy atom. The summed E-state index contributed by atoms with van der Waals surface area (Å²) in [7, 11) is 3.41. The molecule has 1 aliphatic rings. The van der Waals surface area contributed by atoms with E-state index in [2.05, 4.69) is 10.2 Å². The minimum atomic E-state index is -0.0975. The largest absolute Gasteiger partial charge is 0.374 e. The summed E-state index contributed by atoms with van der Waals surface area (Å²) in [4.78, 5) is 28.3. The minimum Gasteiger partial charge on any atom is -0.374 e. The first-order chi connectivity index (χ1) is 14.8. The maximum Gasteiger partial charge on any atom is 0.253 e. The van der Waals surface area contributed by atoms with Crippen molar-refractivity contribution in [3.05, 3.63) is 69.2 Å². The Morgan fingerprint density at radius 1 is 1.13 bits per heavy atom. The van der Waals surface area contributed by atoms with Gasteiger partial charge in [0, 0.05) is 45.8 Å². The van der Waals surface area contributed by atoms with Gasteiger partial charge in [0.05, 0.1) is 29.2 Å². The number of rotatable bonds is 7. The second-order valence-electron chi connectivity index (χ2n) is 7.86. The molecule has 1 fully saturated rings. The van der Waals surface area contributed by atoms with Crippen molar-refractivity contribution in [2.45, 2.75) is 19.1 Å². The van der Waals surface area contributed by atoms with Crippen LogP contribution in [0.3, 0.4) is 0 Å². The quantitative estimate of drug-likeness (QED) is 0.684. The van der Waals surface area contributed by atoms with Crippen LogP contribution in [0.4, 0.5) is 0 Å². The van der Waals surface area contributed by atoms with Crippen LogP contribution in [0.1, 0.15) is 21.5 Å². The van der Waals surface area contributed by atoms with E-state index in [4.69, 9.17) is 27.9 Å². The summed E-state index contributed by atoms with van der Waals surface area (Å²) in [5.41, 5.74) is 2.46. The van der Waals surface area contributed by atoms with E-state index in [-0.39, 0.29) is 24.3 Å². The topological polar surface area (TPSA) is 61.9 Å². The average Bonchev–Trinajstić information content (AvgIpc) is 2.75. The van der Waals surface area contributed by atoms with Gasteiger partial charge in [0.25, 0.3) is 5.91 Å². The molecule has 1 aliphatic heterocycles. The highest BCUT2D eigenvalue weighted by Crippen LogP contribution is 2.23. The molecule has 1 atom stereocenters. The highest BCUT2D eigenvalue weighted by molar-refractivity contribution is 6.42. The van der Waals surface area contributed by atoms with Gasteiger partial charge < -0.3 is 15.0 Å². The summed E-state index contributed by atoms with van der Waals surface area (Å²) in [6.45, 7) is 3.33. The van der Waals surface area contributed by atoms with Crippen LogP contribution in [0.25, 0.3) is 0 Å². The number of carbonyl (C=O) groups is 2. The molecule has 0 spiro atoms. The molecule has 2 aromatic rings. The Labute approximate surface area is 193 Å². The maximum atomic E-state index is 12.4. The molecule has 31 heavy (non-hydrogen) atoms. The summed E-state index contributed by atoms with van der Waals surface area (Å²) in [6, 6.07) is 12.8. The average molecular weight is 464 g/mol. The number of nitrogens with zero attached hydrogens (tertiary/aromatic N) is 2. The Morgan fingerprint density at radius 2 is 1.94 bits per heavy atom. The lowest BCUT2D eigenvalue weighted by molar-refractivity contribution is -0.121. The van der Waals surface area contributed by atoms with Gasteiger partial charge in [0.2, 0.25) is 5.91 Å². The van der Waals surface area contributed by atoms with Crippen LogP contribution in [-0.4, -0.2) is 68.1 Å². The van der Waals surface area contributed by atoms with Gasteiger partial charge in [-0.1, -0.05) is 41.4 Å². The van der Waals surface area contributed by atoms with Crippen molar-refractivity contribution in [1.29, 1.82) is 0 Å². The third-order valence-corrected chi connectivity index (χ3v) is 5.82. The van der Waals surface area contributed by atoms with E-state index in [1.165, 1.54) is 4.90 Å². The number of hydrogen-bond donors (Lipinski definition) is 1. The van der Waals surface area contributed by atoms with Gasteiger partial charge in [-0.05, 0) is 35.4 Å². The van der Waals surface area contributed by atoms with Crippen molar-refractivity contribution in [3.63, 3.8) is 0 Å². The summed E-state index contributed by atoms with van der Waals surface area (Å²) in [5, 5.41) is 4.04. The van der Waals surface area contributed by atoms with Crippen LogP contribution in [-0.2, 0) is 22.5 Å². The first kappa shape index (κ1) is 23.5. The molecule has 0 aliphatic carbocycles. The van der Waals surface area contributed by atoms with Crippen LogP contribution in [0.15, 0.2) is 42.5 Å². The van der Waals surface area contributed by atoms with Crippen LogP contribution in [0, 0.1) is 0 Å². The van der Waals surface area contributed by atoms with Crippen LogP contribution in [0.2, 0.25) is 10.0 Å². The fraction of sp³-hybridized carbons (Fsp3) is 0.391. The van der Waals surface area contributed by atoms with Gasteiger partial charge in [-0.2, -0.15) is 0 Å². The molecular formula is C23H27Cl2N3O3. The molecule has 0 aromatic heterocycles. The molecule has 1 N–H and O–H groups in total. The predicted octanol–water partition coefficient (Wildman–Crippen LogP) is 3.25. The number of carbonyl (C=O) groups excluding carboxylic acids is 2. The molecule has 1 heterocycles. The Hall–Kier alpha value is -2.12. The molecule has 6 nitrogen and oxygen atoms in total. The van der Waals surface area contributed by atoms with E-state index in [1.54, 1.807) is 38.4 Å². The van der Waals surface area contributed by atoms with E-state index in [0.29, 0.717) is 35.3 Å². The monoisotopic (exact) mass is 463 g/mol. The van der Waals surface area contributed by atoms with Gasteiger partial charge >= 0.3 is 0 Å². The number of ether oxygens (including phenoxy) is 1. The minimum absolute atomic E-state index is 0.0814. The Bertz CT molecular complexity index is 936. The Kier molecular flexibility index (Phi) is 8.32. The number of benzene rings is 2. The lowest BCUT2D eigenvalue weighted by Gasteiger charge is -2.33. The second-order valence-corrected chi connectivity index (χ2v) is 8.67. The first-order valence-electron chi connectivity index (χ1n) is 10.2. The fourth-order valence-electron chi connectivity index (χ4n) is 3.49. The van der Waals surface area contributed by atoms with Crippen LogP contribution < -0.4 is 5.32 Å². The van der Waals surface area contributed by atoms with Crippen molar-refractivity contribution >= 4 is 35.0 Å². The van der Waals surface area contributed by atoms with Crippen molar-refractivity contribution < 1.29 is 14.3 Å². The highest BCUT2D eigenvalue weighted by Gasteiger charge is 2.21. The van der Waals surface area contributed by atoms with Gasteiger partial charge in [-0.25, -0.2) is 0 Å². The summed E-state index contributed by atoms with van der Waals surface area (Å²) < 4.78 is 5.81. The number of morpholine rings is 1. The predicted molar refractivity (Wildman–Crippen MR) is 123 cm³/mol. The zero-order chi connectivity index (χ0) is 22.4. The molecular weight excluding hydrogens is 437 g/mol. The Balaban J connectivity index is 1.48. The lowest BCUT2D eigenvalue weighted by Crippen LogP contribution is -2.47. The number of nitrogens with one attached hydrogen (secondary N) is 1. The SMILES string of the molecule is CN(C)C(=O)c1cccc(CC(=O)NCC2CN(Cc3ccc(Cl)c(Cl)c3)CCO2)c1. The van der Waals surface area contributed by atoms with Gasteiger partial charge in [0.15, 0.2) is 0 Å². The zero-order valence-electron chi connectivity index (χ0n) is 17.7. The van der Waals surface area contributed by atoms with Gasteiger partial charge in [-0.3, -0.25) is 14.5 Å². The summed E-state index contributed by atoms with van der Waals surface area (Å²) in [5.74, 6) is -0.181. The van der Waals surface area contributed by atoms with E-state index in [9.17, 15) is 9.59 Å². The molecule has 1 unspecified atom stereocenters. The first-order valence-corrected chi connectivity index (χ1v) is 10.9. The van der Waals surface area contributed by atoms with Crippen LogP contribution >= 0.6 is 23.2 Å². The zero-order valence-corrected chi connectivity index (χ0v) is 19.2. The molecule has 3 rings (SSSR count). The van der Waals surface area contributed by atoms with Crippen molar-refractivity contribution in [2.75, 3.05) is 40.3 Å². The molecule has 0 radical (unpaired) electrons. The lowest BCUT2D eigenvalue weighted by atomic mass is 10.1. The maximum absolute atomic E-state index is 12.4. The number of halogens is 2. The summed E-state index contributed by atoms with van der Waals surface area (Å²) in [6.07, 6.45) is 0.135. The number of hydrogen-bond acceptors (Lipinski definition) is 4. The van der Waals surface area contributed by atoms with E-state index < -0.39 is 0 Å². The molecule has 2 amide bonds. The third-order valence-electron chi connectivity index (χ3n) is 5.08. The van der Waals surface area contributed by atoms with Gasteiger partial charge in [-0.15, -0.1) is 0 Å². The molecule has 0 saturated carbocycles. The van der Waals surface area contributed by atoms with Crippen LogP contribution in [0.5, 0.6) is 0 Å². The van der Waals surface area contributed by atoms with Crippen molar-refractivity contribution in [3.8, 4) is 0 Å². The van der Waals surface area contributed by atoms with Crippen molar-refractivity contribution in [1.82, 2.24) is 15.1 Å². The molecule has 166 valence electrons. The second kappa shape index (κ2) is 11.0. The molecule has 0 bridgehead atoms.